The molecule has 0 N–H and O–H groups in total. The number of fused-ring (bicyclic) bond motifs is 2. The summed E-state index contributed by atoms with van der Waals surface area (Å²) in [4.78, 5) is 18.5. The van der Waals surface area contributed by atoms with Crippen molar-refractivity contribution in [2.75, 3.05) is 5.01 Å². The number of aliphatic imine (C=N–C) groups is 2. The molecular formula is C25H23N6+. The minimum Gasteiger partial charge on any atom is -0.253 e. The molecule has 2 aliphatic heterocycles. The van der Waals surface area contributed by atoms with Gasteiger partial charge in [0, 0.05) is 16.6 Å². The molecule has 1 aromatic heterocycles. The fourth-order valence-corrected chi connectivity index (χ4v) is 4.57. The summed E-state index contributed by atoms with van der Waals surface area (Å²) in [6.07, 6.45) is 13.3. The topological polar surface area (TPSA) is 53.7 Å². The summed E-state index contributed by atoms with van der Waals surface area (Å²) in [6.45, 7) is 2.05. The van der Waals surface area contributed by atoms with Crippen LogP contribution in [0.1, 0.15) is 25.0 Å². The molecular weight excluding hydrogens is 384 g/mol. The molecule has 3 aromatic rings. The van der Waals surface area contributed by atoms with Crippen LogP contribution in [0.2, 0.25) is 0 Å². The van der Waals surface area contributed by atoms with Gasteiger partial charge in [-0.25, -0.2) is 20.0 Å². The van der Waals surface area contributed by atoms with E-state index in [1.54, 1.807) is 0 Å². The lowest BCUT2D eigenvalue weighted by atomic mass is 9.91. The minimum absolute atomic E-state index is 0.443. The Morgan fingerprint density at radius 2 is 1.87 bits per heavy atom. The van der Waals surface area contributed by atoms with Crippen molar-refractivity contribution in [2.45, 2.75) is 32.2 Å². The summed E-state index contributed by atoms with van der Waals surface area (Å²) in [7, 11) is 0. The number of hydrogen-bond donors (Lipinski definition) is 0. The van der Waals surface area contributed by atoms with Gasteiger partial charge in [0.25, 0.3) is 0 Å². The van der Waals surface area contributed by atoms with Crippen molar-refractivity contribution in [3.63, 3.8) is 0 Å². The fourth-order valence-electron chi connectivity index (χ4n) is 4.57. The van der Waals surface area contributed by atoms with E-state index in [0.717, 1.165) is 39.4 Å². The van der Waals surface area contributed by atoms with E-state index in [9.17, 15) is 0 Å². The van der Waals surface area contributed by atoms with Crippen molar-refractivity contribution in [1.29, 1.82) is 0 Å². The van der Waals surface area contributed by atoms with Gasteiger partial charge in [-0.05, 0) is 44.4 Å². The number of aryl methyl sites for hydroxylation is 1. The van der Waals surface area contributed by atoms with E-state index in [0.29, 0.717) is 10.6 Å². The van der Waals surface area contributed by atoms with E-state index in [2.05, 4.69) is 58.4 Å². The Balaban J connectivity index is 1.51. The Morgan fingerprint density at radius 3 is 2.68 bits per heavy atom. The number of rotatable bonds is 4. The average molecular weight is 408 g/mol. The average Bonchev–Trinajstić information content (AvgIpc) is 3.21. The number of quaternary nitrogens is 1. The number of anilines is 1. The lowest BCUT2D eigenvalue weighted by Crippen LogP contribution is -2.61. The quantitative estimate of drug-likeness (QED) is 0.563. The summed E-state index contributed by atoms with van der Waals surface area (Å²) in [5.74, 6) is 0.762. The smallest absolute Gasteiger partial charge is 0.225 e. The van der Waals surface area contributed by atoms with Gasteiger partial charge in [0.05, 0.1) is 35.9 Å². The number of allylic oxidation sites excluding steroid dienone is 1. The van der Waals surface area contributed by atoms with Crippen molar-refractivity contribution in [1.82, 2.24) is 9.97 Å². The molecule has 0 amide bonds. The van der Waals surface area contributed by atoms with Gasteiger partial charge in [-0.1, -0.05) is 30.3 Å². The minimum atomic E-state index is 0.443. The highest BCUT2D eigenvalue weighted by atomic mass is 15.8. The van der Waals surface area contributed by atoms with Gasteiger partial charge in [-0.2, -0.15) is 0 Å². The third kappa shape index (κ3) is 2.83. The lowest BCUT2D eigenvalue weighted by molar-refractivity contribution is -0.746. The van der Waals surface area contributed by atoms with Crippen LogP contribution in [0.25, 0.3) is 22.3 Å². The van der Waals surface area contributed by atoms with E-state index in [-0.39, 0.29) is 0 Å². The Morgan fingerprint density at radius 1 is 1.00 bits per heavy atom. The second-order valence-electron chi connectivity index (χ2n) is 8.26. The molecule has 3 aliphatic rings. The summed E-state index contributed by atoms with van der Waals surface area (Å²) >= 11 is 0. The van der Waals surface area contributed by atoms with Gasteiger partial charge in [-0.15, -0.1) is 4.59 Å². The van der Waals surface area contributed by atoms with Crippen molar-refractivity contribution >= 4 is 29.1 Å². The second kappa shape index (κ2) is 6.96. The molecule has 1 unspecified atom stereocenters. The van der Waals surface area contributed by atoms with E-state index in [1.807, 2.05) is 43.2 Å². The van der Waals surface area contributed by atoms with E-state index < -0.39 is 0 Å². The highest BCUT2D eigenvalue weighted by molar-refractivity contribution is 5.87. The van der Waals surface area contributed by atoms with Crippen LogP contribution in [-0.4, -0.2) is 33.2 Å². The van der Waals surface area contributed by atoms with E-state index in [4.69, 9.17) is 9.97 Å². The maximum Gasteiger partial charge on any atom is 0.225 e. The van der Waals surface area contributed by atoms with Crippen LogP contribution in [0.4, 0.5) is 5.69 Å². The highest BCUT2D eigenvalue weighted by Gasteiger charge is 2.46. The number of hydrogen-bond acceptors (Lipinski definition) is 5. The molecule has 2 aromatic carbocycles. The van der Waals surface area contributed by atoms with Crippen molar-refractivity contribution in [3.05, 3.63) is 78.5 Å². The largest absolute Gasteiger partial charge is 0.253 e. The van der Waals surface area contributed by atoms with Crippen LogP contribution in [0.15, 0.2) is 82.8 Å². The van der Waals surface area contributed by atoms with Crippen molar-refractivity contribution in [2.24, 2.45) is 9.98 Å². The predicted molar refractivity (Wildman–Crippen MR) is 124 cm³/mol. The zero-order valence-electron chi connectivity index (χ0n) is 17.4. The summed E-state index contributed by atoms with van der Waals surface area (Å²) in [5.41, 5.74) is 5.17. The first-order chi connectivity index (χ1) is 15.2. The molecule has 6 nitrogen and oxygen atoms in total. The first-order valence-electron chi connectivity index (χ1n) is 10.7. The zero-order valence-corrected chi connectivity index (χ0v) is 17.4. The number of benzene rings is 2. The van der Waals surface area contributed by atoms with Crippen LogP contribution in [-0.2, 0) is 0 Å². The SMILES string of the molecule is Cc1nc(-c2ccccc2)nc2cc(N(C3CCC3)[N+]34C=CN=CC3=CN=C4)ccc12. The molecule has 1 saturated carbocycles. The highest BCUT2D eigenvalue weighted by Crippen LogP contribution is 2.40. The van der Waals surface area contributed by atoms with Crippen LogP contribution in [0.5, 0.6) is 0 Å². The van der Waals surface area contributed by atoms with Crippen molar-refractivity contribution in [3.8, 4) is 11.4 Å². The summed E-state index contributed by atoms with van der Waals surface area (Å²) in [5, 5.41) is 3.53. The van der Waals surface area contributed by atoms with E-state index >= 15 is 0 Å². The Hall–Kier alpha value is -3.64. The van der Waals surface area contributed by atoms with Gasteiger partial charge in [0.1, 0.15) is 0 Å². The summed E-state index contributed by atoms with van der Waals surface area (Å²) < 4.78 is 0.454. The second-order valence-corrected chi connectivity index (χ2v) is 8.26. The Bertz CT molecular complexity index is 1290. The number of nitrogens with zero attached hydrogens (tertiary/aromatic N) is 6. The van der Waals surface area contributed by atoms with Crippen LogP contribution in [0, 0.1) is 6.92 Å². The van der Waals surface area contributed by atoms with Crippen LogP contribution >= 0.6 is 0 Å². The van der Waals surface area contributed by atoms with Gasteiger partial charge >= 0.3 is 0 Å². The third-order valence-electron chi connectivity index (χ3n) is 6.39. The monoisotopic (exact) mass is 407 g/mol. The van der Waals surface area contributed by atoms with E-state index in [1.165, 1.54) is 19.3 Å². The molecule has 6 rings (SSSR count). The first-order valence-corrected chi connectivity index (χ1v) is 10.7. The molecule has 152 valence electrons. The molecule has 0 radical (unpaired) electrons. The molecule has 6 heteroatoms. The molecule has 3 heterocycles. The molecule has 1 fully saturated rings. The molecule has 0 saturated heterocycles. The molecule has 31 heavy (non-hydrogen) atoms. The van der Waals surface area contributed by atoms with Crippen LogP contribution < -0.4 is 5.01 Å². The molecule has 0 spiro atoms. The van der Waals surface area contributed by atoms with Gasteiger partial charge < -0.3 is 0 Å². The zero-order chi connectivity index (χ0) is 20.8. The Kier molecular flexibility index (Phi) is 4.07. The molecule has 0 bridgehead atoms. The number of aromatic nitrogens is 2. The van der Waals surface area contributed by atoms with Gasteiger partial charge in [0.15, 0.2) is 12.0 Å². The lowest BCUT2D eigenvalue weighted by Gasteiger charge is -2.46. The van der Waals surface area contributed by atoms with Crippen molar-refractivity contribution < 1.29 is 4.59 Å². The van der Waals surface area contributed by atoms with Gasteiger partial charge in [0.2, 0.25) is 12.0 Å². The third-order valence-corrected chi connectivity index (χ3v) is 6.39. The maximum absolute atomic E-state index is 4.94. The standard InChI is InChI=1S/C25H23N6/c1-18-23-11-10-21(14-24(23)29-25(28-18)19-6-3-2-4-7-19)30(20-8-5-9-20)31-13-12-26-15-22(31)16-27-17-31/h2-4,6-7,10-17,20H,5,8-9H2,1H3/q+1. The first kappa shape index (κ1) is 18.2. The summed E-state index contributed by atoms with van der Waals surface area (Å²) in [6, 6.07) is 17.1. The molecule has 1 aliphatic carbocycles. The fraction of sp³-hybridized carbons (Fsp3) is 0.200. The molecule has 1 atom stereocenters. The maximum atomic E-state index is 4.94. The van der Waals surface area contributed by atoms with Crippen LogP contribution in [0.3, 0.4) is 0 Å². The Labute approximate surface area is 181 Å². The predicted octanol–water partition coefficient (Wildman–Crippen LogP) is 5.13. The normalized spacial score (nSPS) is 21.8. The van der Waals surface area contributed by atoms with Gasteiger partial charge in [-0.3, -0.25) is 4.99 Å².